The summed E-state index contributed by atoms with van der Waals surface area (Å²) in [7, 11) is 0. The van der Waals surface area contributed by atoms with Crippen molar-refractivity contribution < 1.29 is 15.0 Å². The van der Waals surface area contributed by atoms with Gasteiger partial charge in [0.1, 0.15) is 0 Å². The van der Waals surface area contributed by atoms with Gasteiger partial charge in [-0.15, -0.1) is 0 Å². The van der Waals surface area contributed by atoms with E-state index in [0.29, 0.717) is 19.6 Å². The molecule has 0 radical (unpaired) electrons. The molecule has 0 aromatic carbocycles. The third-order valence-electron chi connectivity index (χ3n) is 1.83. The summed E-state index contributed by atoms with van der Waals surface area (Å²) in [6, 6.07) is 0. The molecule has 1 saturated heterocycles. The normalized spacial score (nSPS) is 22.7. The van der Waals surface area contributed by atoms with Crippen LogP contribution < -0.4 is 0 Å². The second-order valence-electron chi connectivity index (χ2n) is 3.10. The highest BCUT2D eigenvalue weighted by atomic mass is 16.4. The minimum absolute atomic E-state index is 0.214. The van der Waals surface area contributed by atoms with Gasteiger partial charge in [-0.05, 0) is 6.92 Å². The SMILES string of the molecule is CC(O)CN1CC(C(=O)O)C1. The number of carbonyl (C=O) groups is 1. The molecule has 1 aliphatic rings. The van der Waals surface area contributed by atoms with E-state index in [1.165, 1.54) is 0 Å². The van der Waals surface area contributed by atoms with E-state index in [9.17, 15) is 4.79 Å². The number of aliphatic hydroxyl groups excluding tert-OH is 1. The summed E-state index contributed by atoms with van der Waals surface area (Å²) >= 11 is 0. The number of aliphatic hydroxyl groups is 1. The number of hydrogen-bond acceptors (Lipinski definition) is 3. The van der Waals surface area contributed by atoms with Crippen LogP contribution in [0.2, 0.25) is 0 Å². The molecule has 64 valence electrons. The molecule has 0 aromatic heterocycles. The van der Waals surface area contributed by atoms with Crippen LogP contribution in [0.5, 0.6) is 0 Å². The van der Waals surface area contributed by atoms with Crippen LogP contribution in [0.25, 0.3) is 0 Å². The summed E-state index contributed by atoms with van der Waals surface area (Å²) in [5.74, 6) is -0.944. The van der Waals surface area contributed by atoms with E-state index in [0.717, 1.165) is 0 Å². The number of β-amino-alcohol motifs (C(OH)–C–C–N with tert-alkyl or cyclic N) is 1. The number of rotatable bonds is 3. The molecule has 0 saturated carbocycles. The Hall–Kier alpha value is -0.610. The van der Waals surface area contributed by atoms with Gasteiger partial charge in [0.2, 0.25) is 0 Å². The lowest BCUT2D eigenvalue weighted by Crippen LogP contribution is -2.52. The van der Waals surface area contributed by atoms with Crippen LogP contribution in [-0.4, -0.2) is 46.8 Å². The monoisotopic (exact) mass is 159 g/mol. The van der Waals surface area contributed by atoms with Gasteiger partial charge < -0.3 is 10.2 Å². The van der Waals surface area contributed by atoms with Gasteiger partial charge in [-0.25, -0.2) is 0 Å². The number of nitrogens with zero attached hydrogens (tertiary/aromatic N) is 1. The van der Waals surface area contributed by atoms with Crippen LogP contribution >= 0.6 is 0 Å². The molecule has 0 aromatic rings. The van der Waals surface area contributed by atoms with E-state index in [-0.39, 0.29) is 12.0 Å². The smallest absolute Gasteiger partial charge is 0.309 e. The van der Waals surface area contributed by atoms with Gasteiger partial charge in [0, 0.05) is 19.6 Å². The Kier molecular flexibility index (Phi) is 2.46. The van der Waals surface area contributed by atoms with E-state index >= 15 is 0 Å². The number of hydrogen-bond donors (Lipinski definition) is 2. The molecule has 2 N–H and O–H groups in total. The zero-order valence-corrected chi connectivity index (χ0v) is 6.53. The summed E-state index contributed by atoms with van der Waals surface area (Å²) in [5.41, 5.74) is 0. The first kappa shape index (κ1) is 8.49. The van der Waals surface area contributed by atoms with Crippen molar-refractivity contribution in [2.75, 3.05) is 19.6 Å². The van der Waals surface area contributed by atoms with Crippen molar-refractivity contribution in [2.45, 2.75) is 13.0 Å². The van der Waals surface area contributed by atoms with Crippen LogP contribution in [0.3, 0.4) is 0 Å². The summed E-state index contributed by atoms with van der Waals surface area (Å²) in [4.78, 5) is 12.3. The van der Waals surface area contributed by atoms with E-state index in [1.54, 1.807) is 6.92 Å². The third kappa shape index (κ3) is 2.17. The fourth-order valence-corrected chi connectivity index (χ4v) is 1.25. The second-order valence-corrected chi connectivity index (χ2v) is 3.10. The summed E-state index contributed by atoms with van der Waals surface area (Å²) < 4.78 is 0. The first-order valence-corrected chi connectivity index (χ1v) is 3.73. The first-order chi connectivity index (χ1) is 5.09. The molecule has 0 amide bonds. The quantitative estimate of drug-likeness (QED) is 0.576. The highest BCUT2D eigenvalue weighted by Crippen LogP contribution is 2.15. The first-order valence-electron chi connectivity index (χ1n) is 3.73. The van der Waals surface area contributed by atoms with Crippen LogP contribution in [0, 0.1) is 5.92 Å². The molecule has 1 fully saturated rings. The number of aliphatic carboxylic acids is 1. The van der Waals surface area contributed by atoms with E-state index in [1.807, 2.05) is 4.90 Å². The topological polar surface area (TPSA) is 60.8 Å². The van der Waals surface area contributed by atoms with Crippen molar-refractivity contribution >= 4 is 5.97 Å². The number of carboxylic acids is 1. The van der Waals surface area contributed by atoms with Gasteiger partial charge in [0.25, 0.3) is 0 Å². The molecule has 0 spiro atoms. The second kappa shape index (κ2) is 3.19. The molecule has 0 bridgehead atoms. The molecule has 1 aliphatic heterocycles. The van der Waals surface area contributed by atoms with Gasteiger partial charge in [-0.1, -0.05) is 0 Å². The highest BCUT2D eigenvalue weighted by molar-refractivity contribution is 5.71. The van der Waals surface area contributed by atoms with Gasteiger partial charge >= 0.3 is 5.97 Å². The Morgan fingerprint density at radius 3 is 2.64 bits per heavy atom. The maximum Gasteiger partial charge on any atom is 0.309 e. The van der Waals surface area contributed by atoms with E-state index in [4.69, 9.17) is 10.2 Å². The Bertz CT molecular complexity index is 152. The van der Waals surface area contributed by atoms with Crippen LogP contribution in [0.1, 0.15) is 6.92 Å². The van der Waals surface area contributed by atoms with Crippen molar-refractivity contribution in [2.24, 2.45) is 5.92 Å². The minimum atomic E-state index is -0.730. The maximum atomic E-state index is 10.3. The largest absolute Gasteiger partial charge is 0.481 e. The van der Waals surface area contributed by atoms with Crippen molar-refractivity contribution in [1.29, 1.82) is 0 Å². The van der Waals surface area contributed by atoms with E-state index in [2.05, 4.69) is 0 Å². The molecule has 1 unspecified atom stereocenters. The van der Waals surface area contributed by atoms with Crippen molar-refractivity contribution in [3.8, 4) is 0 Å². The van der Waals surface area contributed by atoms with Crippen LogP contribution in [-0.2, 0) is 4.79 Å². The molecule has 1 rings (SSSR count). The molecule has 11 heavy (non-hydrogen) atoms. The molecule has 4 heteroatoms. The zero-order chi connectivity index (χ0) is 8.43. The van der Waals surface area contributed by atoms with Crippen LogP contribution in [0.4, 0.5) is 0 Å². The van der Waals surface area contributed by atoms with Gasteiger partial charge in [0.05, 0.1) is 12.0 Å². The van der Waals surface area contributed by atoms with Gasteiger partial charge in [0.15, 0.2) is 0 Å². The van der Waals surface area contributed by atoms with Crippen LogP contribution in [0.15, 0.2) is 0 Å². The average Bonchev–Trinajstić information content (AvgIpc) is 1.75. The molecule has 1 heterocycles. The molecule has 1 atom stereocenters. The van der Waals surface area contributed by atoms with E-state index < -0.39 is 5.97 Å². The Balaban J connectivity index is 2.14. The van der Waals surface area contributed by atoms with Gasteiger partial charge in [-0.2, -0.15) is 0 Å². The summed E-state index contributed by atoms with van der Waals surface area (Å²) in [6.45, 7) is 3.46. The van der Waals surface area contributed by atoms with Gasteiger partial charge in [-0.3, -0.25) is 9.69 Å². The maximum absolute atomic E-state index is 10.3. The van der Waals surface area contributed by atoms with Crippen molar-refractivity contribution in [1.82, 2.24) is 4.90 Å². The number of likely N-dealkylation sites (tertiary alicyclic amines) is 1. The predicted molar refractivity (Wildman–Crippen MR) is 39.2 cm³/mol. The summed E-state index contributed by atoms with van der Waals surface area (Å²) in [5, 5.41) is 17.4. The number of carboxylic acid groups (broad SMARTS) is 1. The Labute approximate surface area is 65.4 Å². The highest BCUT2D eigenvalue weighted by Gasteiger charge is 2.32. The lowest BCUT2D eigenvalue weighted by molar-refractivity contribution is -0.148. The lowest BCUT2D eigenvalue weighted by Gasteiger charge is -2.37. The lowest BCUT2D eigenvalue weighted by atomic mass is 10.0. The predicted octanol–water partition coefficient (Wildman–Crippen LogP) is -0.616. The minimum Gasteiger partial charge on any atom is -0.481 e. The van der Waals surface area contributed by atoms with Crippen molar-refractivity contribution in [3.63, 3.8) is 0 Å². The van der Waals surface area contributed by atoms with Crippen molar-refractivity contribution in [3.05, 3.63) is 0 Å². The molecular formula is C7H13NO3. The Morgan fingerprint density at radius 2 is 2.27 bits per heavy atom. The standard InChI is InChI=1S/C7H13NO3/c1-5(9)2-8-3-6(4-8)7(10)11/h5-6,9H,2-4H2,1H3,(H,10,11). The molecular weight excluding hydrogens is 146 g/mol. The molecule has 0 aliphatic carbocycles. The average molecular weight is 159 g/mol. The third-order valence-corrected chi connectivity index (χ3v) is 1.83. The summed E-state index contributed by atoms with van der Waals surface area (Å²) in [6.07, 6.45) is -0.357. The fraction of sp³-hybridized carbons (Fsp3) is 0.857. The fourth-order valence-electron chi connectivity index (χ4n) is 1.25. The Morgan fingerprint density at radius 1 is 1.73 bits per heavy atom. The zero-order valence-electron chi connectivity index (χ0n) is 6.53. The molecule has 4 nitrogen and oxygen atoms in total.